The lowest BCUT2D eigenvalue weighted by Gasteiger charge is -2.16. The molecule has 10 heteroatoms. The molecule has 0 saturated carbocycles. The molecule has 0 fully saturated rings. The average molecular weight is 498 g/mol. The van der Waals surface area contributed by atoms with Gasteiger partial charge in [0.25, 0.3) is 11.2 Å². The maximum absolute atomic E-state index is 12.4. The second-order valence-electron chi connectivity index (χ2n) is 5.89. The van der Waals surface area contributed by atoms with Gasteiger partial charge < -0.3 is 5.11 Å². The minimum atomic E-state index is -0.572. The van der Waals surface area contributed by atoms with Crippen molar-refractivity contribution in [1.82, 2.24) is 4.57 Å². The van der Waals surface area contributed by atoms with Crippen molar-refractivity contribution in [2.75, 3.05) is 0 Å². The molecule has 27 heavy (non-hydrogen) atoms. The fourth-order valence-corrected chi connectivity index (χ4v) is 3.85. The van der Waals surface area contributed by atoms with E-state index in [1.807, 2.05) is 6.07 Å². The van der Waals surface area contributed by atoms with Crippen molar-refractivity contribution >= 4 is 49.4 Å². The highest BCUT2D eigenvalue weighted by Gasteiger charge is 2.20. The summed E-state index contributed by atoms with van der Waals surface area (Å²) in [6.45, 7) is 4.97. The van der Waals surface area contributed by atoms with Gasteiger partial charge in [-0.2, -0.15) is 5.26 Å². The molecule has 0 spiro atoms. The summed E-state index contributed by atoms with van der Waals surface area (Å²) in [5, 5.41) is 30.8. The van der Waals surface area contributed by atoms with Crippen LogP contribution in [0.1, 0.15) is 36.6 Å². The number of halogens is 2. The van der Waals surface area contributed by atoms with Gasteiger partial charge in [0, 0.05) is 24.4 Å². The second-order valence-corrected chi connectivity index (χ2v) is 7.60. The van der Waals surface area contributed by atoms with Crippen LogP contribution in [0.3, 0.4) is 0 Å². The zero-order chi connectivity index (χ0) is 20.5. The van der Waals surface area contributed by atoms with Crippen LogP contribution in [0.4, 0.5) is 11.4 Å². The first-order valence-corrected chi connectivity index (χ1v) is 9.24. The molecule has 2 aromatic rings. The number of benzene rings is 1. The number of pyridine rings is 1. The highest BCUT2D eigenvalue weighted by Crippen LogP contribution is 2.37. The topological polar surface area (TPSA) is 122 Å². The third kappa shape index (κ3) is 3.94. The quantitative estimate of drug-likeness (QED) is 0.378. The number of aromatic hydroxyl groups is 1. The lowest BCUT2D eigenvalue weighted by atomic mass is 10.1. The van der Waals surface area contributed by atoms with E-state index in [2.05, 4.69) is 36.9 Å². The van der Waals surface area contributed by atoms with Gasteiger partial charge in [0.2, 0.25) is 5.88 Å². The smallest absolute Gasteiger partial charge is 0.271 e. The third-order valence-corrected chi connectivity index (χ3v) is 5.05. The highest BCUT2D eigenvalue weighted by atomic mass is 79.9. The number of nitriles is 1. The molecule has 1 heterocycles. The van der Waals surface area contributed by atoms with Crippen molar-refractivity contribution in [2.45, 2.75) is 26.8 Å². The predicted octanol–water partition coefficient (Wildman–Crippen LogP) is 4.50. The summed E-state index contributed by atoms with van der Waals surface area (Å²) in [5.74, 6) is -0.301. The lowest BCUT2D eigenvalue weighted by Crippen LogP contribution is -2.26. The summed E-state index contributed by atoms with van der Waals surface area (Å²) < 4.78 is 1.86. The monoisotopic (exact) mass is 496 g/mol. The van der Waals surface area contributed by atoms with Gasteiger partial charge in [-0.3, -0.25) is 24.5 Å². The van der Waals surface area contributed by atoms with Crippen molar-refractivity contribution in [3.8, 4) is 11.9 Å². The number of hydrogen-bond acceptors (Lipinski definition) is 6. The Morgan fingerprint density at radius 2 is 1.93 bits per heavy atom. The highest BCUT2D eigenvalue weighted by molar-refractivity contribution is 9.11. The molecule has 0 aliphatic heterocycles. The minimum absolute atomic E-state index is 0.0789. The first-order chi connectivity index (χ1) is 12.6. The number of non-ortho nitro benzene ring substituents is 1. The van der Waals surface area contributed by atoms with Crippen LogP contribution in [-0.2, 0) is 0 Å². The van der Waals surface area contributed by atoms with Crippen LogP contribution in [0.2, 0.25) is 0 Å². The molecular weight excluding hydrogens is 484 g/mol. The van der Waals surface area contributed by atoms with Gasteiger partial charge in [-0.1, -0.05) is 0 Å². The summed E-state index contributed by atoms with van der Waals surface area (Å²) >= 11 is 6.47. The molecular formula is C17H14Br2N4O4. The number of aromatic nitrogens is 1. The fraction of sp³-hybridized carbons (Fsp3) is 0.235. The van der Waals surface area contributed by atoms with Gasteiger partial charge in [-0.25, -0.2) is 0 Å². The van der Waals surface area contributed by atoms with Crippen molar-refractivity contribution in [1.29, 1.82) is 5.26 Å². The largest absolute Gasteiger partial charge is 0.494 e. The Morgan fingerprint density at radius 3 is 2.37 bits per heavy atom. The van der Waals surface area contributed by atoms with Crippen molar-refractivity contribution in [2.24, 2.45) is 4.99 Å². The lowest BCUT2D eigenvalue weighted by molar-refractivity contribution is -0.385. The van der Waals surface area contributed by atoms with Gasteiger partial charge in [-0.15, -0.1) is 0 Å². The van der Waals surface area contributed by atoms with E-state index in [0.717, 1.165) is 4.57 Å². The summed E-state index contributed by atoms with van der Waals surface area (Å²) in [5.41, 5.74) is 0.112. The first-order valence-electron chi connectivity index (χ1n) is 7.65. The first kappa shape index (κ1) is 20.8. The summed E-state index contributed by atoms with van der Waals surface area (Å²) in [6, 6.07) is 4.11. The van der Waals surface area contributed by atoms with E-state index in [-0.39, 0.29) is 28.7 Å². The Labute approximate surface area is 171 Å². The Hall–Kier alpha value is -2.51. The van der Waals surface area contributed by atoms with Crippen LogP contribution in [0.25, 0.3) is 0 Å². The molecule has 0 bridgehead atoms. The molecule has 0 radical (unpaired) electrons. The standard InChI is InChI=1S/C17H14Br2N4O4/c1-8(2)22-16(24)11(6-20)9(3)12(17(22)25)7-21-15-13(18)4-10(23(26)27)5-14(15)19/h4-5,7-8,25H,1-3H3. The van der Waals surface area contributed by atoms with Gasteiger partial charge in [0.15, 0.2) is 0 Å². The fourth-order valence-electron chi connectivity index (χ4n) is 2.48. The maximum atomic E-state index is 12.4. The summed E-state index contributed by atoms with van der Waals surface area (Å²) in [4.78, 5) is 27.0. The number of rotatable bonds is 4. The molecule has 1 aromatic heterocycles. The summed E-state index contributed by atoms with van der Waals surface area (Å²) in [6.07, 6.45) is 1.32. The van der Waals surface area contributed by atoms with Gasteiger partial charge in [0.05, 0.1) is 25.1 Å². The minimum Gasteiger partial charge on any atom is -0.494 e. The van der Waals surface area contributed by atoms with Crippen LogP contribution in [-0.4, -0.2) is 20.8 Å². The van der Waals surface area contributed by atoms with E-state index in [0.29, 0.717) is 20.2 Å². The zero-order valence-corrected chi connectivity index (χ0v) is 17.7. The molecule has 140 valence electrons. The van der Waals surface area contributed by atoms with Gasteiger partial charge in [0.1, 0.15) is 11.6 Å². The second kappa shape index (κ2) is 8.02. The average Bonchev–Trinajstić information content (AvgIpc) is 2.56. The molecule has 1 N–H and O–H groups in total. The molecule has 0 atom stereocenters. The van der Waals surface area contributed by atoms with Crippen molar-refractivity contribution in [3.63, 3.8) is 0 Å². The van der Waals surface area contributed by atoms with Gasteiger partial charge >= 0.3 is 0 Å². The van der Waals surface area contributed by atoms with E-state index in [9.17, 15) is 25.3 Å². The number of nitro groups is 1. The number of hydrogen-bond donors (Lipinski definition) is 1. The van der Waals surface area contributed by atoms with Crippen molar-refractivity contribution in [3.05, 3.63) is 58.2 Å². The summed E-state index contributed by atoms with van der Waals surface area (Å²) in [7, 11) is 0. The third-order valence-electron chi connectivity index (χ3n) is 3.84. The SMILES string of the molecule is Cc1c(C=Nc2c(Br)cc([N+](=O)[O-])cc2Br)c(O)n(C(C)C)c(=O)c1C#N. The van der Waals surface area contributed by atoms with Crippen LogP contribution in [0.15, 0.2) is 30.9 Å². The predicted molar refractivity (Wildman–Crippen MR) is 108 cm³/mol. The Balaban J connectivity index is 2.69. The molecule has 0 saturated heterocycles. The normalized spacial score (nSPS) is 11.1. The Bertz CT molecular complexity index is 1050. The van der Waals surface area contributed by atoms with Crippen LogP contribution in [0.5, 0.6) is 5.88 Å². The zero-order valence-electron chi connectivity index (χ0n) is 14.5. The molecule has 1 aromatic carbocycles. The molecule has 2 rings (SSSR count). The number of nitro benzene ring substituents is 1. The number of aliphatic imine (C=N–C) groups is 1. The van der Waals surface area contributed by atoms with Crippen LogP contribution < -0.4 is 5.56 Å². The number of nitrogens with zero attached hydrogens (tertiary/aromatic N) is 4. The van der Waals surface area contributed by atoms with Crippen LogP contribution >= 0.6 is 31.9 Å². The Kier molecular flexibility index (Phi) is 6.18. The van der Waals surface area contributed by atoms with E-state index >= 15 is 0 Å². The van der Waals surface area contributed by atoms with Crippen LogP contribution in [0, 0.1) is 28.4 Å². The molecule has 0 aliphatic rings. The van der Waals surface area contributed by atoms with Gasteiger partial charge in [-0.05, 0) is 58.2 Å². The maximum Gasteiger partial charge on any atom is 0.271 e. The van der Waals surface area contributed by atoms with E-state index in [1.54, 1.807) is 20.8 Å². The molecule has 0 unspecified atom stereocenters. The van der Waals surface area contributed by atoms with E-state index < -0.39 is 10.5 Å². The van der Waals surface area contributed by atoms with E-state index in [1.165, 1.54) is 18.3 Å². The van der Waals surface area contributed by atoms with E-state index in [4.69, 9.17) is 0 Å². The molecule has 0 amide bonds. The molecule has 0 aliphatic carbocycles. The molecule has 8 nitrogen and oxygen atoms in total. The Morgan fingerprint density at radius 1 is 1.37 bits per heavy atom. The van der Waals surface area contributed by atoms with Crippen molar-refractivity contribution < 1.29 is 10.0 Å².